The van der Waals surface area contributed by atoms with Crippen LogP contribution in [-0.4, -0.2) is 61.2 Å². The molecule has 5 N–H and O–H groups in total. The first-order valence-electron chi connectivity index (χ1n) is 8.54. The molecule has 0 aliphatic carbocycles. The van der Waals surface area contributed by atoms with E-state index in [1.807, 2.05) is 4.90 Å². The fraction of sp³-hybridized carbons (Fsp3) is 0.667. The zero-order valence-corrected chi connectivity index (χ0v) is 16.0. The Bertz CT molecular complexity index is 835. The molecule has 0 aromatic carbocycles. The molecule has 1 amide bonds. The highest BCUT2D eigenvalue weighted by Gasteiger charge is 2.40. The monoisotopic (exact) mass is 400 g/mol. The van der Waals surface area contributed by atoms with Gasteiger partial charge >= 0.3 is 0 Å². The third kappa shape index (κ3) is 4.13. The van der Waals surface area contributed by atoms with Crippen LogP contribution in [0.5, 0.6) is 5.75 Å². The van der Waals surface area contributed by atoms with Gasteiger partial charge in [0.2, 0.25) is 5.75 Å². The molecule has 2 aliphatic heterocycles. The Labute approximate surface area is 157 Å². The van der Waals surface area contributed by atoms with Gasteiger partial charge in [-0.3, -0.25) is 4.79 Å². The highest BCUT2D eigenvalue weighted by atomic mass is 32.2. The second-order valence-corrected chi connectivity index (χ2v) is 8.83. The number of piperidine rings is 1. The van der Waals surface area contributed by atoms with Crippen LogP contribution in [0.25, 0.3) is 0 Å². The van der Waals surface area contributed by atoms with E-state index >= 15 is 0 Å². The van der Waals surface area contributed by atoms with Crippen LogP contribution in [0.2, 0.25) is 0 Å². The van der Waals surface area contributed by atoms with Gasteiger partial charge in [-0.2, -0.15) is 8.42 Å². The first-order valence-corrected chi connectivity index (χ1v) is 10.1. The van der Waals surface area contributed by atoms with Gasteiger partial charge in [0, 0.05) is 25.0 Å². The number of fused-ring (bicyclic) bond motifs is 1. The van der Waals surface area contributed by atoms with E-state index in [0.29, 0.717) is 43.3 Å². The molecule has 3 rings (SSSR count). The summed E-state index contributed by atoms with van der Waals surface area (Å²) < 4.78 is 30.5. The van der Waals surface area contributed by atoms with Gasteiger partial charge < -0.3 is 20.1 Å². The lowest BCUT2D eigenvalue weighted by Crippen LogP contribution is -2.50. The van der Waals surface area contributed by atoms with Gasteiger partial charge in [0.1, 0.15) is 6.33 Å². The van der Waals surface area contributed by atoms with Crippen molar-refractivity contribution in [2.45, 2.75) is 32.3 Å². The number of hydrogen-bond donors (Lipinski definition) is 4. The maximum atomic E-state index is 12.0. The molecule has 2 aliphatic rings. The predicted molar refractivity (Wildman–Crippen MR) is 97.4 cm³/mol. The first-order chi connectivity index (χ1) is 12.6. The summed E-state index contributed by atoms with van der Waals surface area (Å²) >= 11 is 0. The highest BCUT2D eigenvalue weighted by molar-refractivity contribution is 7.87. The second-order valence-electron chi connectivity index (χ2n) is 7.45. The summed E-state index contributed by atoms with van der Waals surface area (Å²) in [5.74, 6) is 0.992. The number of nitrogens with zero attached hydrogens (tertiary/aromatic N) is 3. The summed E-state index contributed by atoms with van der Waals surface area (Å²) in [6.07, 6.45) is 2.41. The number of nitrogens with one attached hydrogen (secondary N) is 2. The molecule has 1 aromatic heterocycles. The summed E-state index contributed by atoms with van der Waals surface area (Å²) in [7, 11) is -3.82. The molecular weight excluding hydrogens is 376 g/mol. The van der Waals surface area contributed by atoms with E-state index in [0.717, 1.165) is 0 Å². The van der Waals surface area contributed by atoms with Crippen molar-refractivity contribution in [3.63, 3.8) is 0 Å². The Hall–Kier alpha value is -2.02. The number of ether oxygens (including phenoxy) is 1. The standard InChI is InChI=1S/C15H24N6O5S/c1-14(2)13(23)20-11-10(26-14)12(18-9-17-11)21-5-3-15(8-22,4-6-21)7-19-27(16,24)25/h9,19,22H,3-8H2,1-2H3,(H2,16,24,25)(H,17,18,20,23). The topological polar surface area (TPSA) is 160 Å². The zero-order valence-electron chi connectivity index (χ0n) is 15.2. The number of nitrogens with two attached hydrogens (primary N) is 1. The third-order valence-electron chi connectivity index (χ3n) is 5.03. The lowest BCUT2D eigenvalue weighted by molar-refractivity contribution is -0.129. The van der Waals surface area contributed by atoms with Crippen molar-refractivity contribution in [2.75, 3.05) is 36.5 Å². The van der Waals surface area contributed by atoms with E-state index in [9.17, 15) is 18.3 Å². The molecule has 27 heavy (non-hydrogen) atoms. The number of aliphatic hydroxyl groups is 1. The van der Waals surface area contributed by atoms with E-state index in [1.165, 1.54) is 6.33 Å². The van der Waals surface area contributed by atoms with Gasteiger partial charge in [0.25, 0.3) is 16.1 Å². The van der Waals surface area contributed by atoms with Gasteiger partial charge in [-0.25, -0.2) is 19.8 Å². The molecule has 1 aromatic rings. The lowest BCUT2D eigenvalue weighted by Gasteiger charge is -2.42. The smallest absolute Gasteiger partial charge is 0.274 e. The van der Waals surface area contributed by atoms with Gasteiger partial charge in [-0.05, 0) is 26.7 Å². The fourth-order valence-electron chi connectivity index (χ4n) is 3.17. The van der Waals surface area contributed by atoms with Gasteiger partial charge in [0.05, 0.1) is 6.61 Å². The van der Waals surface area contributed by atoms with Crippen molar-refractivity contribution in [1.82, 2.24) is 14.7 Å². The normalized spacial score (nSPS) is 21.2. The third-order valence-corrected chi connectivity index (χ3v) is 5.58. The van der Waals surface area contributed by atoms with E-state index in [2.05, 4.69) is 20.0 Å². The predicted octanol–water partition coefficient (Wildman–Crippen LogP) is -1.04. The number of rotatable bonds is 5. The molecule has 150 valence electrons. The van der Waals surface area contributed by atoms with Gasteiger partial charge in [0.15, 0.2) is 17.2 Å². The molecule has 0 radical (unpaired) electrons. The van der Waals surface area contributed by atoms with Crippen LogP contribution < -0.4 is 24.8 Å². The molecule has 11 nitrogen and oxygen atoms in total. The quantitative estimate of drug-likeness (QED) is 0.487. The average molecular weight is 400 g/mol. The van der Waals surface area contributed by atoms with Crippen LogP contribution in [0.4, 0.5) is 11.6 Å². The Morgan fingerprint density at radius 3 is 2.63 bits per heavy atom. The Balaban J connectivity index is 1.77. The van der Waals surface area contributed by atoms with Crippen molar-refractivity contribution in [3.8, 4) is 5.75 Å². The lowest BCUT2D eigenvalue weighted by atomic mass is 9.79. The van der Waals surface area contributed by atoms with Crippen LogP contribution >= 0.6 is 0 Å². The molecule has 0 bridgehead atoms. The number of amides is 1. The number of carbonyl (C=O) groups excluding carboxylic acids is 1. The molecule has 0 saturated carbocycles. The number of anilines is 2. The largest absolute Gasteiger partial charge is 0.470 e. The van der Waals surface area contributed by atoms with Gasteiger partial charge in [-0.1, -0.05) is 0 Å². The van der Waals surface area contributed by atoms with E-state index in [4.69, 9.17) is 9.88 Å². The Morgan fingerprint density at radius 2 is 2.04 bits per heavy atom. The van der Waals surface area contributed by atoms with Crippen molar-refractivity contribution >= 4 is 27.8 Å². The minimum atomic E-state index is -3.82. The van der Waals surface area contributed by atoms with Crippen LogP contribution in [0, 0.1) is 5.41 Å². The SMILES string of the molecule is CC1(C)Oc2c(ncnc2N2CCC(CO)(CNS(N)(=O)=O)CC2)NC1=O. The summed E-state index contributed by atoms with van der Waals surface area (Å²) in [5, 5.41) is 17.5. The molecular formula is C15H24N6O5S. The summed E-state index contributed by atoms with van der Waals surface area (Å²) in [6.45, 7) is 4.27. The van der Waals surface area contributed by atoms with Crippen molar-refractivity contribution in [1.29, 1.82) is 0 Å². The van der Waals surface area contributed by atoms with Crippen LogP contribution in [0.3, 0.4) is 0 Å². The maximum Gasteiger partial charge on any atom is 0.274 e. The van der Waals surface area contributed by atoms with Gasteiger partial charge in [-0.15, -0.1) is 0 Å². The fourth-order valence-corrected chi connectivity index (χ4v) is 3.68. The number of aliphatic hydroxyl groups excluding tert-OH is 1. The molecule has 0 spiro atoms. The Morgan fingerprint density at radius 1 is 1.37 bits per heavy atom. The van der Waals surface area contributed by atoms with Crippen molar-refractivity contribution in [3.05, 3.63) is 6.33 Å². The van der Waals surface area contributed by atoms with Crippen LogP contribution in [0.15, 0.2) is 6.33 Å². The van der Waals surface area contributed by atoms with Crippen molar-refractivity contribution < 1.29 is 23.1 Å². The van der Waals surface area contributed by atoms with E-state index in [-0.39, 0.29) is 19.1 Å². The minimum absolute atomic E-state index is 0.0671. The van der Waals surface area contributed by atoms with Crippen molar-refractivity contribution in [2.24, 2.45) is 10.6 Å². The first kappa shape index (κ1) is 19.7. The van der Waals surface area contributed by atoms with Crippen LogP contribution in [-0.2, 0) is 15.0 Å². The minimum Gasteiger partial charge on any atom is -0.470 e. The highest BCUT2D eigenvalue weighted by Crippen LogP contribution is 2.41. The molecule has 1 fully saturated rings. The number of aromatic nitrogens is 2. The maximum absolute atomic E-state index is 12.0. The Kier molecular flexibility index (Phi) is 5.01. The number of carbonyl (C=O) groups is 1. The summed E-state index contributed by atoms with van der Waals surface area (Å²) in [4.78, 5) is 22.4. The zero-order chi connectivity index (χ0) is 19.9. The molecule has 1 saturated heterocycles. The molecule has 0 unspecified atom stereocenters. The molecule has 0 atom stereocenters. The number of hydrogen-bond acceptors (Lipinski definition) is 8. The summed E-state index contributed by atoms with van der Waals surface area (Å²) in [5.41, 5.74) is -1.64. The van der Waals surface area contributed by atoms with E-state index in [1.54, 1.807) is 13.8 Å². The summed E-state index contributed by atoms with van der Waals surface area (Å²) in [6, 6.07) is 0. The van der Waals surface area contributed by atoms with Crippen LogP contribution in [0.1, 0.15) is 26.7 Å². The molecule has 12 heteroatoms. The average Bonchev–Trinajstić information content (AvgIpc) is 2.60. The second kappa shape index (κ2) is 6.86. The van der Waals surface area contributed by atoms with E-state index < -0.39 is 21.2 Å². The molecule has 3 heterocycles.